The van der Waals surface area contributed by atoms with Crippen LogP contribution in [0.4, 0.5) is 24.8 Å². The van der Waals surface area contributed by atoms with E-state index in [0.717, 1.165) is 18.5 Å². The third-order valence-electron chi connectivity index (χ3n) is 3.51. The Bertz CT molecular complexity index is 877. The maximum absolute atomic E-state index is 12.9. The SMILES string of the molecule is COc1nc(Nc2cnn(-c3ccccc3)c2C)ncc1C(F)(F)F. The summed E-state index contributed by atoms with van der Waals surface area (Å²) in [5.74, 6) is -0.557. The average Bonchev–Trinajstić information content (AvgIpc) is 2.95. The molecular formula is C16H14F3N5O. The van der Waals surface area contributed by atoms with Gasteiger partial charge in [0.2, 0.25) is 11.8 Å². The number of methoxy groups -OCH3 is 1. The molecule has 130 valence electrons. The van der Waals surface area contributed by atoms with Gasteiger partial charge in [0.05, 0.1) is 30.4 Å². The minimum Gasteiger partial charge on any atom is -0.480 e. The van der Waals surface area contributed by atoms with Crippen molar-refractivity contribution >= 4 is 11.6 Å². The minimum atomic E-state index is -4.59. The van der Waals surface area contributed by atoms with E-state index in [0.29, 0.717) is 11.9 Å². The Labute approximate surface area is 141 Å². The van der Waals surface area contributed by atoms with Gasteiger partial charge in [-0.3, -0.25) is 0 Å². The first-order valence-electron chi connectivity index (χ1n) is 7.25. The zero-order chi connectivity index (χ0) is 18.0. The first-order chi connectivity index (χ1) is 11.9. The van der Waals surface area contributed by atoms with E-state index in [-0.39, 0.29) is 5.95 Å². The second kappa shape index (κ2) is 6.42. The Balaban J connectivity index is 1.90. The van der Waals surface area contributed by atoms with Gasteiger partial charge in [-0.05, 0) is 19.1 Å². The number of rotatable bonds is 4. The van der Waals surface area contributed by atoms with Crippen LogP contribution in [0, 0.1) is 6.92 Å². The van der Waals surface area contributed by atoms with Crippen LogP contribution in [0.1, 0.15) is 11.3 Å². The van der Waals surface area contributed by atoms with Crippen LogP contribution in [0.15, 0.2) is 42.7 Å². The van der Waals surface area contributed by atoms with Crippen LogP contribution in [0.5, 0.6) is 5.88 Å². The molecule has 6 nitrogen and oxygen atoms in total. The lowest BCUT2D eigenvalue weighted by Gasteiger charge is -2.12. The molecule has 9 heteroatoms. The van der Waals surface area contributed by atoms with Crippen molar-refractivity contribution in [3.63, 3.8) is 0 Å². The molecule has 3 aromatic rings. The largest absolute Gasteiger partial charge is 0.480 e. The fourth-order valence-electron chi connectivity index (χ4n) is 2.26. The molecule has 1 aromatic carbocycles. The average molecular weight is 349 g/mol. The molecule has 0 bridgehead atoms. The number of alkyl halides is 3. The number of nitrogens with one attached hydrogen (secondary N) is 1. The molecule has 0 saturated carbocycles. The summed E-state index contributed by atoms with van der Waals surface area (Å²) in [7, 11) is 1.13. The van der Waals surface area contributed by atoms with E-state index in [1.54, 1.807) is 10.9 Å². The Morgan fingerprint density at radius 2 is 1.84 bits per heavy atom. The molecule has 0 spiro atoms. The first-order valence-corrected chi connectivity index (χ1v) is 7.25. The highest BCUT2D eigenvalue weighted by molar-refractivity contribution is 5.57. The summed E-state index contributed by atoms with van der Waals surface area (Å²) in [6.07, 6.45) is -2.35. The monoisotopic (exact) mass is 349 g/mol. The molecule has 0 unspecified atom stereocenters. The van der Waals surface area contributed by atoms with Gasteiger partial charge in [-0.15, -0.1) is 0 Å². The normalized spacial score (nSPS) is 11.4. The van der Waals surface area contributed by atoms with Crippen LogP contribution in [0.3, 0.4) is 0 Å². The van der Waals surface area contributed by atoms with Crippen molar-refractivity contribution in [1.82, 2.24) is 19.7 Å². The number of aromatic nitrogens is 4. The van der Waals surface area contributed by atoms with E-state index in [4.69, 9.17) is 4.74 Å². The summed E-state index contributed by atoms with van der Waals surface area (Å²) in [5.41, 5.74) is 1.16. The number of hydrogen-bond donors (Lipinski definition) is 1. The van der Waals surface area contributed by atoms with Gasteiger partial charge in [-0.2, -0.15) is 23.3 Å². The molecule has 0 amide bonds. The summed E-state index contributed by atoms with van der Waals surface area (Å²) in [4.78, 5) is 7.49. The number of anilines is 2. The first kappa shape index (κ1) is 16.7. The third kappa shape index (κ3) is 3.39. The second-order valence-electron chi connectivity index (χ2n) is 5.13. The van der Waals surface area contributed by atoms with E-state index in [1.807, 2.05) is 37.3 Å². The predicted octanol–water partition coefficient (Wildman–Crippen LogP) is 3.74. The van der Waals surface area contributed by atoms with Gasteiger partial charge in [0.1, 0.15) is 5.56 Å². The molecule has 0 aliphatic rings. The van der Waals surface area contributed by atoms with E-state index < -0.39 is 17.6 Å². The maximum atomic E-state index is 12.9. The highest BCUT2D eigenvalue weighted by atomic mass is 19.4. The van der Waals surface area contributed by atoms with Crippen LogP contribution < -0.4 is 10.1 Å². The number of hydrogen-bond acceptors (Lipinski definition) is 5. The molecule has 0 aliphatic heterocycles. The molecule has 0 atom stereocenters. The highest BCUT2D eigenvalue weighted by Crippen LogP contribution is 2.35. The van der Waals surface area contributed by atoms with Crippen molar-refractivity contribution in [2.24, 2.45) is 0 Å². The van der Waals surface area contributed by atoms with Crippen molar-refractivity contribution in [3.05, 3.63) is 54.0 Å². The van der Waals surface area contributed by atoms with Gasteiger partial charge in [-0.1, -0.05) is 18.2 Å². The number of nitrogens with zero attached hydrogens (tertiary/aromatic N) is 4. The van der Waals surface area contributed by atoms with Crippen molar-refractivity contribution in [3.8, 4) is 11.6 Å². The topological polar surface area (TPSA) is 64.9 Å². The van der Waals surface area contributed by atoms with E-state index in [1.165, 1.54) is 0 Å². The van der Waals surface area contributed by atoms with E-state index in [9.17, 15) is 13.2 Å². The fraction of sp³-hybridized carbons (Fsp3) is 0.188. The standard InChI is InChI=1S/C16H14F3N5O/c1-10-13(9-21-24(10)11-6-4-3-5-7-11)22-15-20-8-12(16(17,18)19)14(23-15)25-2/h3-9H,1-2H3,(H,20,22,23). The summed E-state index contributed by atoms with van der Waals surface area (Å²) in [6, 6.07) is 9.44. The Morgan fingerprint density at radius 1 is 1.12 bits per heavy atom. The number of halogens is 3. The summed E-state index contributed by atoms with van der Waals surface area (Å²) in [6.45, 7) is 1.82. The molecule has 0 aliphatic carbocycles. The minimum absolute atomic E-state index is 0.0134. The molecule has 25 heavy (non-hydrogen) atoms. The molecule has 0 saturated heterocycles. The van der Waals surface area contributed by atoms with Gasteiger partial charge in [-0.25, -0.2) is 9.67 Å². The van der Waals surface area contributed by atoms with Crippen LogP contribution in [-0.2, 0) is 6.18 Å². The lowest BCUT2D eigenvalue weighted by atomic mass is 10.3. The summed E-state index contributed by atoms with van der Waals surface area (Å²) < 4.78 is 45.0. The van der Waals surface area contributed by atoms with E-state index >= 15 is 0 Å². The third-order valence-corrected chi connectivity index (χ3v) is 3.51. The van der Waals surface area contributed by atoms with Crippen molar-refractivity contribution < 1.29 is 17.9 Å². The van der Waals surface area contributed by atoms with Crippen molar-refractivity contribution in [2.45, 2.75) is 13.1 Å². The second-order valence-corrected chi connectivity index (χ2v) is 5.13. The number of benzene rings is 1. The molecule has 1 N–H and O–H groups in total. The fourth-order valence-corrected chi connectivity index (χ4v) is 2.26. The van der Waals surface area contributed by atoms with E-state index in [2.05, 4.69) is 20.4 Å². The van der Waals surface area contributed by atoms with Crippen molar-refractivity contribution in [2.75, 3.05) is 12.4 Å². The molecule has 3 rings (SSSR count). The van der Waals surface area contributed by atoms with Gasteiger partial charge >= 0.3 is 6.18 Å². The quantitative estimate of drug-likeness (QED) is 0.777. The zero-order valence-electron chi connectivity index (χ0n) is 13.4. The summed E-state index contributed by atoms with van der Waals surface area (Å²) in [5, 5.41) is 7.13. The smallest absolute Gasteiger partial charge is 0.423 e. The summed E-state index contributed by atoms with van der Waals surface area (Å²) >= 11 is 0. The molecular weight excluding hydrogens is 335 g/mol. The molecule has 0 radical (unpaired) electrons. The Morgan fingerprint density at radius 3 is 2.48 bits per heavy atom. The molecule has 2 aromatic heterocycles. The maximum Gasteiger partial charge on any atom is 0.423 e. The van der Waals surface area contributed by atoms with Crippen molar-refractivity contribution in [1.29, 1.82) is 0 Å². The van der Waals surface area contributed by atoms with Gasteiger partial charge in [0.15, 0.2) is 0 Å². The van der Waals surface area contributed by atoms with Gasteiger partial charge in [0.25, 0.3) is 0 Å². The van der Waals surface area contributed by atoms with Gasteiger partial charge in [0, 0.05) is 6.20 Å². The Hall–Kier alpha value is -3.10. The predicted molar refractivity (Wildman–Crippen MR) is 85.2 cm³/mol. The Kier molecular flexibility index (Phi) is 4.30. The van der Waals surface area contributed by atoms with Gasteiger partial charge < -0.3 is 10.1 Å². The number of para-hydroxylation sites is 1. The highest BCUT2D eigenvalue weighted by Gasteiger charge is 2.36. The zero-order valence-corrected chi connectivity index (χ0v) is 13.4. The molecule has 2 heterocycles. The lowest BCUT2D eigenvalue weighted by Crippen LogP contribution is -2.11. The van der Waals surface area contributed by atoms with Crippen LogP contribution in [0.2, 0.25) is 0 Å². The van der Waals surface area contributed by atoms with Crippen LogP contribution in [-0.4, -0.2) is 26.9 Å². The van der Waals surface area contributed by atoms with Crippen LogP contribution in [0.25, 0.3) is 5.69 Å². The number of ether oxygens (including phenoxy) is 1. The lowest BCUT2D eigenvalue weighted by molar-refractivity contribution is -0.139. The molecule has 0 fully saturated rings. The van der Waals surface area contributed by atoms with Crippen LogP contribution >= 0.6 is 0 Å².